The Bertz CT molecular complexity index is 1270. The van der Waals surface area contributed by atoms with Crippen LogP contribution < -0.4 is 14.8 Å². The smallest absolute Gasteiger partial charge is 0.242 e. The second kappa shape index (κ2) is 9.56. The summed E-state index contributed by atoms with van der Waals surface area (Å²) in [4.78, 5) is 32.1. The molecule has 9 heteroatoms. The summed E-state index contributed by atoms with van der Waals surface area (Å²) in [6.07, 6.45) is -0.108. The second-order valence-corrected chi connectivity index (χ2v) is 8.85. The fourth-order valence-electron chi connectivity index (χ4n) is 3.64. The molecule has 1 atom stereocenters. The summed E-state index contributed by atoms with van der Waals surface area (Å²) >= 11 is 1.23. The monoisotopic (exact) mass is 477 g/mol. The molecule has 3 aromatic rings. The molecular weight excluding hydrogens is 457 g/mol. The van der Waals surface area contributed by atoms with Gasteiger partial charge in [0.05, 0.1) is 17.9 Å². The van der Waals surface area contributed by atoms with E-state index in [4.69, 9.17) is 9.47 Å². The van der Waals surface area contributed by atoms with E-state index in [0.29, 0.717) is 22.4 Å². The number of fused-ring (bicyclic) bond motifs is 1. The average Bonchev–Trinajstić information content (AvgIpc) is 3.41. The van der Waals surface area contributed by atoms with E-state index >= 15 is 0 Å². The van der Waals surface area contributed by atoms with Crippen molar-refractivity contribution in [3.05, 3.63) is 84.2 Å². The van der Waals surface area contributed by atoms with E-state index in [-0.39, 0.29) is 31.4 Å². The zero-order valence-corrected chi connectivity index (χ0v) is 18.8. The molecule has 2 amide bonds. The minimum Gasteiger partial charge on any atom is -0.454 e. The van der Waals surface area contributed by atoms with E-state index in [2.05, 4.69) is 10.3 Å². The van der Waals surface area contributed by atoms with Gasteiger partial charge in [-0.1, -0.05) is 48.2 Å². The van der Waals surface area contributed by atoms with Crippen molar-refractivity contribution in [3.8, 4) is 11.5 Å². The van der Waals surface area contributed by atoms with Gasteiger partial charge in [-0.25, -0.2) is 9.38 Å². The first-order valence-corrected chi connectivity index (χ1v) is 11.5. The van der Waals surface area contributed by atoms with Crippen molar-refractivity contribution in [2.45, 2.75) is 18.2 Å². The Labute approximate surface area is 199 Å². The molecule has 2 aliphatic heterocycles. The van der Waals surface area contributed by atoms with Gasteiger partial charge in [0.15, 0.2) is 16.7 Å². The number of aliphatic imine (C=N–C) groups is 1. The summed E-state index contributed by atoms with van der Waals surface area (Å²) in [6, 6.07) is 20.7. The third kappa shape index (κ3) is 4.74. The minimum absolute atomic E-state index is 0.0818. The van der Waals surface area contributed by atoms with Gasteiger partial charge in [0.2, 0.25) is 18.6 Å². The van der Waals surface area contributed by atoms with Crippen LogP contribution in [0.4, 0.5) is 15.8 Å². The van der Waals surface area contributed by atoms with Crippen LogP contribution in [0.1, 0.15) is 12.0 Å². The summed E-state index contributed by atoms with van der Waals surface area (Å²) in [5, 5.41) is 2.37. The zero-order chi connectivity index (χ0) is 23.5. The van der Waals surface area contributed by atoms with Crippen molar-refractivity contribution in [1.82, 2.24) is 4.90 Å². The van der Waals surface area contributed by atoms with Crippen molar-refractivity contribution in [1.29, 1.82) is 0 Å². The molecule has 34 heavy (non-hydrogen) atoms. The molecule has 1 unspecified atom stereocenters. The number of halogens is 1. The van der Waals surface area contributed by atoms with Crippen LogP contribution in [-0.2, 0) is 16.1 Å². The van der Waals surface area contributed by atoms with Crippen LogP contribution in [0.5, 0.6) is 11.5 Å². The van der Waals surface area contributed by atoms with Gasteiger partial charge < -0.3 is 14.8 Å². The number of anilines is 1. The summed E-state index contributed by atoms with van der Waals surface area (Å²) in [5.41, 5.74) is 1.62. The molecule has 172 valence electrons. The number of hydrogen-bond donors (Lipinski definition) is 1. The first-order chi connectivity index (χ1) is 16.6. The summed E-state index contributed by atoms with van der Waals surface area (Å²) in [5.74, 6) is 0.0730. The molecule has 1 fully saturated rings. The highest BCUT2D eigenvalue weighted by Crippen LogP contribution is 2.36. The Balaban J connectivity index is 1.37. The lowest BCUT2D eigenvalue weighted by Crippen LogP contribution is -2.33. The maximum atomic E-state index is 13.9. The lowest BCUT2D eigenvalue weighted by molar-refractivity contribution is -0.128. The van der Waals surface area contributed by atoms with Crippen LogP contribution in [0.2, 0.25) is 0 Å². The highest BCUT2D eigenvalue weighted by Gasteiger charge is 2.39. The van der Waals surface area contributed by atoms with Crippen molar-refractivity contribution in [3.63, 3.8) is 0 Å². The lowest BCUT2D eigenvalue weighted by Gasteiger charge is -2.17. The molecule has 2 heterocycles. The minimum atomic E-state index is -0.678. The Kier molecular flexibility index (Phi) is 6.18. The van der Waals surface area contributed by atoms with Gasteiger partial charge in [-0.2, -0.15) is 0 Å². The largest absolute Gasteiger partial charge is 0.454 e. The Morgan fingerprint density at radius 2 is 1.82 bits per heavy atom. The number of ether oxygens (including phenoxy) is 2. The van der Waals surface area contributed by atoms with Crippen LogP contribution >= 0.6 is 11.8 Å². The molecular formula is C25H20FN3O4S. The van der Waals surface area contributed by atoms with E-state index in [0.717, 1.165) is 5.56 Å². The molecule has 2 aliphatic rings. The summed E-state index contributed by atoms with van der Waals surface area (Å²) in [6.45, 7) is 0.427. The molecule has 1 N–H and O–H groups in total. The van der Waals surface area contributed by atoms with E-state index < -0.39 is 17.0 Å². The highest BCUT2D eigenvalue weighted by atomic mass is 32.2. The summed E-state index contributed by atoms with van der Waals surface area (Å²) in [7, 11) is 0. The van der Waals surface area contributed by atoms with E-state index in [1.807, 2.05) is 42.5 Å². The van der Waals surface area contributed by atoms with Crippen molar-refractivity contribution in [2.24, 2.45) is 4.99 Å². The first-order valence-electron chi connectivity index (χ1n) is 10.6. The van der Waals surface area contributed by atoms with Gasteiger partial charge in [0, 0.05) is 6.42 Å². The van der Waals surface area contributed by atoms with Gasteiger partial charge in [-0.3, -0.25) is 14.5 Å². The molecule has 0 aromatic heterocycles. The predicted octanol–water partition coefficient (Wildman–Crippen LogP) is 4.71. The second-order valence-electron chi connectivity index (χ2n) is 7.68. The van der Waals surface area contributed by atoms with Crippen LogP contribution in [0.25, 0.3) is 0 Å². The number of rotatable bonds is 6. The molecule has 0 spiro atoms. The molecule has 5 rings (SSSR count). The molecule has 0 aliphatic carbocycles. The fourth-order valence-corrected chi connectivity index (χ4v) is 4.79. The van der Waals surface area contributed by atoms with Crippen LogP contribution in [0.15, 0.2) is 77.8 Å². The van der Waals surface area contributed by atoms with Gasteiger partial charge in [-0.15, -0.1) is 0 Å². The number of benzene rings is 3. The molecule has 0 saturated carbocycles. The number of nitrogens with one attached hydrogen (secondary N) is 1. The topological polar surface area (TPSA) is 80.2 Å². The molecule has 0 radical (unpaired) electrons. The first kappa shape index (κ1) is 22.0. The third-order valence-electron chi connectivity index (χ3n) is 5.30. The number of thioether (sulfide) groups is 1. The number of carbonyl (C=O) groups excluding carboxylic acids is 2. The highest BCUT2D eigenvalue weighted by molar-refractivity contribution is 8.15. The van der Waals surface area contributed by atoms with Gasteiger partial charge in [-0.05, 0) is 42.0 Å². The van der Waals surface area contributed by atoms with Crippen LogP contribution in [-0.4, -0.2) is 33.9 Å². The standard InChI is InChI=1S/C25H20FN3O4S/c26-18-8-4-5-9-19(18)28-23(30)13-22-24(31)29(25(34-22)27-17-6-2-1-3-7-17)14-16-10-11-20-21(12-16)33-15-32-20/h1-12,22H,13-15H2,(H,28,30). The molecule has 1 saturated heterocycles. The van der Waals surface area contributed by atoms with E-state index in [1.54, 1.807) is 23.1 Å². The normalized spacial score (nSPS) is 17.9. The van der Waals surface area contributed by atoms with E-state index in [1.165, 1.54) is 23.9 Å². The maximum absolute atomic E-state index is 13.9. The third-order valence-corrected chi connectivity index (χ3v) is 6.47. The molecule has 3 aromatic carbocycles. The predicted molar refractivity (Wildman–Crippen MR) is 128 cm³/mol. The summed E-state index contributed by atoms with van der Waals surface area (Å²) < 4.78 is 24.7. The Hall–Kier alpha value is -3.85. The number of amides is 2. The molecule has 0 bridgehead atoms. The average molecular weight is 478 g/mol. The zero-order valence-electron chi connectivity index (χ0n) is 17.9. The maximum Gasteiger partial charge on any atom is 0.242 e. The van der Waals surface area contributed by atoms with Gasteiger partial charge in [0.25, 0.3) is 0 Å². The Morgan fingerprint density at radius 1 is 1.06 bits per heavy atom. The number of carbonyl (C=O) groups is 2. The molecule has 7 nitrogen and oxygen atoms in total. The lowest BCUT2D eigenvalue weighted by atomic mass is 10.1. The van der Waals surface area contributed by atoms with Crippen LogP contribution in [0.3, 0.4) is 0 Å². The van der Waals surface area contributed by atoms with Gasteiger partial charge >= 0.3 is 0 Å². The quantitative estimate of drug-likeness (QED) is 0.556. The van der Waals surface area contributed by atoms with Crippen molar-refractivity contribution in [2.75, 3.05) is 12.1 Å². The van der Waals surface area contributed by atoms with Crippen LogP contribution in [0, 0.1) is 5.82 Å². The number of para-hydroxylation sites is 2. The Morgan fingerprint density at radius 3 is 2.65 bits per heavy atom. The number of amidine groups is 1. The van der Waals surface area contributed by atoms with Crippen molar-refractivity contribution < 1.29 is 23.5 Å². The number of nitrogens with zero attached hydrogens (tertiary/aromatic N) is 2. The van der Waals surface area contributed by atoms with Crippen molar-refractivity contribution >= 4 is 40.1 Å². The number of hydrogen-bond acceptors (Lipinski definition) is 6. The van der Waals surface area contributed by atoms with Gasteiger partial charge in [0.1, 0.15) is 11.1 Å². The fraction of sp³-hybridized carbons (Fsp3) is 0.160. The SMILES string of the molecule is O=C(CC1SC(=Nc2ccccc2)N(Cc2ccc3c(c2)OCO3)C1=O)Nc1ccccc1F. The van der Waals surface area contributed by atoms with E-state index in [9.17, 15) is 14.0 Å².